The van der Waals surface area contributed by atoms with Gasteiger partial charge in [0.1, 0.15) is 12.4 Å². The van der Waals surface area contributed by atoms with E-state index in [-0.39, 0.29) is 6.04 Å². The Hall–Kier alpha value is -1.39. The van der Waals surface area contributed by atoms with Gasteiger partial charge in [0.25, 0.3) is 0 Å². The van der Waals surface area contributed by atoms with Crippen molar-refractivity contribution in [3.05, 3.63) is 30.1 Å². The van der Waals surface area contributed by atoms with Gasteiger partial charge in [-0.25, -0.2) is 4.98 Å². The zero-order chi connectivity index (χ0) is 13.0. The Kier molecular flexibility index (Phi) is 4.33. The third-order valence-electron chi connectivity index (χ3n) is 3.16. The van der Waals surface area contributed by atoms with Crippen LogP contribution in [0.5, 0.6) is 0 Å². The predicted octanol–water partition coefficient (Wildman–Crippen LogP) is 2.31. The quantitative estimate of drug-likeness (QED) is 0.852. The van der Waals surface area contributed by atoms with E-state index in [1.165, 1.54) is 10.9 Å². The normalized spacial score (nSPS) is 13.1. The second-order valence-electron chi connectivity index (χ2n) is 4.49. The van der Waals surface area contributed by atoms with Crippen LogP contribution in [-0.4, -0.2) is 22.2 Å². The number of ether oxygens (including phenoxy) is 1. The van der Waals surface area contributed by atoms with E-state index in [1.54, 1.807) is 0 Å². The van der Waals surface area contributed by atoms with Crippen molar-refractivity contribution in [1.29, 1.82) is 0 Å². The van der Waals surface area contributed by atoms with E-state index in [9.17, 15) is 0 Å². The highest BCUT2D eigenvalue weighted by Gasteiger charge is 2.11. The van der Waals surface area contributed by atoms with Gasteiger partial charge >= 0.3 is 0 Å². The van der Waals surface area contributed by atoms with Gasteiger partial charge < -0.3 is 15.0 Å². The molecule has 0 aliphatic rings. The number of aromatic nitrogens is 2. The molecule has 0 saturated carbocycles. The Balaban J connectivity index is 2.34. The van der Waals surface area contributed by atoms with Crippen molar-refractivity contribution >= 4 is 11.0 Å². The molecule has 0 aromatic carbocycles. The maximum atomic E-state index is 6.04. The molecule has 0 radical (unpaired) electrons. The number of nitrogens with two attached hydrogens (primary N) is 1. The van der Waals surface area contributed by atoms with E-state index in [2.05, 4.69) is 28.7 Å². The molecule has 0 saturated heterocycles. The van der Waals surface area contributed by atoms with Gasteiger partial charge in [-0.05, 0) is 37.5 Å². The Morgan fingerprint density at radius 3 is 3.00 bits per heavy atom. The van der Waals surface area contributed by atoms with Crippen molar-refractivity contribution in [2.24, 2.45) is 5.73 Å². The van der Waals surface area contributed by atoms with Gasteiger partial charge in [0.15, 0.2) is 0 Å². The maximum absolute atomic E-state index is 6.04. The second kappa shape index (κ2) is 5.98. The van der Waals surface area contributed by atoms with Crippen LogP contribution in [0.4, 0.5) is 0 Å². The highest BCUT2D eigenvalue weighted by atomic mass is 16.5. The standard InChI is InChI=1S/C14H21N3O/c1-3-12(15)8-11-9-17(10-18-4-2)14-13(11)6-5-7-16-14/h5-7,9,12H,3-4,8,10,15H2,1-2H3. The van der Waals surface area contributed by atoms with Gasteiger partial charge in [-0.3, -0.25) is 0 Å². The van der Waals surface area contributed by atoms with Gasteiger partial charge in [-0.15, -0.1) is 0 Å². The summed E-state index contributed by atoms with van der Waals surface area (Å²) in [5, 5.41) is 1.18. The van der Waals surface area contributed by atoms with Crippen LogP contribution >= 0.6 is 0 Å². The third kappa shape index (κ3) is 2.71. The largest absolute Gasteiger partial charge is 0.361 e. The lowest BCUT2D eigenvalue weighted by molar-refractivity contribution is 0.0904. The van der Waals surface area contributed by atoms with Crippen molar-refractivity contribution in [3.8, 4) is 0 Å². The summed E-state index contributed by atoms with van der Waals surface area (Å²) in [6.45, 7) is 5.36. The van der Waals surface area contributed by atoms with Gasteiger partial charge in [0.05, 0.1) is 0 Å². The molecule has 18 heavy (non-hydrogen) atoms. The topological polar surface area (TPSA) is 53.1 Å². The molecule has 2 aromatic rings. The fraction of sp³-hybridized carbons (Fsp3) is 0.500. The summed E-state index contributed by atoms with van der Waals surface area (Å²) in [5.74, 6) is 0. The van der Waals surface area contributed by atoms with Crippen molar-refractivity contribution in [2.75, 3.05) is 6.61 Å². The van der Waals surface area contributed by atoms with E-state index >= 15 is 0 Å². The summed E-state index contributed by atoms with van der Waals surface area (Å²) < 4.78 is 7.52. The molecule has 0 bridgehead atoms. The maximum Gasteiger partial charge on any atom is 0.142 e. The van der Waals surface area contributed by atoms with Crippen molar-refractivity contribution in [3.63, 3.8) is 0 Å². The van der Waals surface area contributed by atoms with E-state index in [0.29, 0.717) is 13.3 Å². The fourth-order valence-corrected chi connectivity index (χ4v) is 2.07. The molecular weight excluding hydrogens is 226 g/mol. The molecular formula is C14H21N3O. The number of pyridine rings is 1. The van der Waals surface area contributed by atoms with Gasteiger partial charge in [0.2, 0.25) is 0 Å². The molecule has 0 aliphatic heterocycles. The molecule has 2 N–H and O–H groups in total. The molecule has 1 unspecified atom stereocenters. The predicted molar refractivity (Wildman–Crippen MR) is 73.3 cm³/mol. The first kappa shape index (κ1) is 13.1. The molecule has 1 atom stereocenters. The van der Waals surface area contributed by atoms with Gasteiger partial charge in [-0.1, -0.05) is 6.92 Å². The number of hydrogen-bond donors (Lipinski definition) is 1. The number of nitrogens with zero attached hydrogens (tertiary/aromatic N) is 2. The molecule has 2 aromatic heterocycles. The second-order valence-corrected chi connectivity index (χ2v) is 4.49. The van der Waals surface area contributed by atoms with Crippen molar-refractivity contribution in [2.45, 2.75) is 39.5 Å². The summed E-state index contributed by atoms with van der Waals surface area (Å²) in [6, 6.07) is 4.27. The summed E-state index contributed by atoms with van der Waals surface area (Å²) in [7, 11) is 0. The minimum atomic E-state index is 0.205. The number of fused-ring (bicyclic) bond motifs is 1. The van der Waals surface area contributed by atoms with E-state index in [1.807, 2.05) is 19.2 Å². The molecule has 0 amide bonds. The van der Waals surface area contributed by atoms with Crippen LogP contribution in [0.2, 0.25) is 0 Å². The van der Waals surface area contributed by atoms with Crippen molar-refractivity contribution in [1.82, 2.24) is 9.55 Å². The van der Waals surface area contributed by atoms with Gasteiger partial charge in [-0.2, -0.15) is 0 Å². The average Bonchev–Trinajstić information content (AvgIpc) is 2.75. The average molecular weight is 247 g/mol. The van der Waals surface area contributed by atoms with E-state index in [4.69, 9.17) is 10.5 Å². The Labute approximate surface area is 108 Å². The first-order valence-corrected chi connectivity index (χ1v) is 6.52. The lowest BCUT2D eigenvalue weighted by Crippen LogP contribution is -2.21. The van der Waals surface area contributed by atoms with Crippen LogP contribution in [-0.2, 0) is 17.9 Å². The Bertz CT molecular complexity index is 507. The summed E-state index contributed by atoms with van der Waals surface area (Å²) in [6.07, 6.45) is 5.80. The Morgan fingerprint density at radius 2 is 2.28 bits per heavy atom. The molecule has 4 nitrogen and oxygen atoms in total. The van der Waals surface area contributed by atoms with Crippen LogP contribution in [0, 0.1) is 0 Å². The minimum Gasteiger partial charge on any atom is -0.361 e. The van der Waals surface area contributed by atoms with Crippen LogP contribution < -0.4 is 5.73 Å². The number of hydrogen-bond acceptors (Lipinski definition) is 3. The zero-order valence-electron chi connectivity index (χ0n) is 11.1. The first-order chi connectivity index (χ1) is 8.76. The molecule has 2 heterocycles. The zero-order valence-corrected chi connectivity index (χ0v) is 11.1. The lowest BCUT2D eigenvalue weighted by atomic mass is 10.1. The van der Waals surface area contributed by atoms with Crippen LogP contribution in [0.25, 0.3) is 11.0 Å². The summed E-state index contributed by atoms with van der Waals surface area (Å²) in [4.78, 5) is 4.43. The molecule has 0 spiro atoms. The fourth-order valence-electron chi connectivity index (χ4n) is 2.07. The molecule has 0 fully saturated rings. The highest BCUT2D eigenvalue weighted by molar-refractivity contribution is 5.80. The Morgan fingerprint density at radius 1 is 1.44 bits per heavy atom. The minimum absolute atomic E-state index is 0.205. The molecule has 98 valence electrons. The third-order valence-corrected chi connectivity index (χ3v) is 3.16. The van der Waals surface area contributed by atoms with Crippen LogP contribution in [0.1, 0.15) is 25.8 Å². The van der Waals surface area contributed by atoms with Crippen LogP contribution in [0.3, 0.4) is 0 Å². The lowest BCUT2D eigenvalue weighted by Gasteiger charge is -2.06. The molecule has 2 rings (SSSR count). The molecule has 4 heteroatoms. The highest BCUT2D eigenvalue weighted by Crippen LogP contribution is 2.21. The monoisotopic (exact) mass is 247 g/mol. The molecule has 0 aliphatic carbocycles. The summed E-state index contributed by atoms with van der Waals surface area (Å²) >= 11 is 0. The van der Waals surface area contributed by atoms with E-state index < -0.39 is 0 Å². The van der Waals surface area contributed by atoms with Gasteiger partial charge in [0, 0.05) is 30.4 Å². The first-order valence-electron chi connectivity index (χ1n) is 6.52. The van der Waals surface area contributed by atoms with E-state index in [0.717, 1.165) is 18.5 Å². The number of rotatable bonds is 6. The smallest absolute Gasteiger partial charge is 0.142 e. The van der Waals surface area contributed by atoms with Crippen molar-refractivity contribution < 1.29 is 4.74 Å². The van der Waals surface area contributed by atoms with Crippen LogP contribution in [0.15, 0.2) is 24.5 Å². The SMILES string of the molecule is CCOCn1cc(CC(N)CC)c2cccnc21. The summed E-state index contributed by atoms with van der Waals surface area (Å²) in [5.41, 5.74) is 8.28.